The van der Waals surface area contributed by atoms with Crippen molar-refractivity contribution in [2.24, 2.45) is 11.7 Å². The number of aromatic nitrogens is 12. The molecule has 3 aliphatic rings. The molecule has 8 aromatic heterocycles. The number of urea groups is 1. The number of benzene rings is 3. The van der Waals surface area contributed by atoms with Gasteiger partial charge in [-0.2, -0.15) is 10.2 Å². The number of fused-ring (bicyclic) bond motifs is 4. The third kappa shape index (κ3) is 19.0. The van der Waals surface area contributed by atoms with Crippen LogP contribution < -0.4 is 43.0 Å². The van der Waals surface area contributed by atoms with Crippen LogP contribution in [-0.4, -0.2) is 149 Å². The van der Waals surface area contributed by atoms with Crippen molar-refractivity contribution in [3.8, 4) is 45.3 Å². The SMILES string of the molecule is Cc1cccc(-c2[nH]c(CNc3ccc4c(c3)CN(C(=O)OCc3ccc(NC(=O)[C@H](CCCNC(N)=O)NC(=O)[C@@H](NC(=O)CCCCCN5C(=O)C=CC5=O)C(C)C)cc3)CC4)nc2-c2ccc3ncnn3c2)n1.Cc1cccc(-c2[nH]c(CNc3ccc4c(c3)CNCC4)nc2-c2ccc3ncnn3c2)n1. The van der Waals surface area contributed by atoms with Gasteiger partial charge in [0.05, 0.1) is 47.3 Å². The zero-order valence-corrected chi connectivity index (χ0v) is 61.0. The molecule has 560 valence electrons. The van der Waals surface area contributed by atoms with Crippen molar-refractivity contribution in [1.82, 2.24) is 90.2 Å². The first-order chi connectivity index (χ1) is 52.9. The fourth-order valence-corrected chi connectivity index (χ4v) is 13.2. The van der Waals surface area contributed by atoms with Crippen LogP contribution >= 0.6 is 0 Å². The molecule has 3 aliphatic heterocycles. The van der Waals surface area contributed by atoms with E-state index in [0.29, 0.717) is 75.4 Å². The van der Waals surface area contributed by atoms with Gasteiger partial charge < -0.3 is 62.6 Å². The maximum atomic E-state index is 13.7. The molecule has 0 saturated carbocycles. The maximum absolute atomic E-state index is 13.7. The van der Waals surface area contributed by atoms with Gasteiger partial charge in [0.15, 0.2) is 11.3 Å². The number of hydrogen-bond donors (Lipinski definition) is 10. The zero-order valence-electron chi connectivity index (χ0n) is 61.0. The summed E-state index contributed by atoms with van der Waals surface area (Å²) < 4.78 is 9.22. The Labute approximate surface area is 628 Å². The molecule has 8 amide bonds. The van der Waals surface area contributed by atoms with Crippen molar-refractivity contribution in [1.29, 1.82) is 0 Å². The molecule has 0 fully saturated rings. The average molecular weight is 1470 g/mol. The van der Waals surface area contributed by atoms with Gasteiger partial charge in [0.2, 0.25) is 17.7 Å². The number of aryl methyl sites for hydroxylation is 2. The highest BCUT2D eigenvalue weighted by Crippen LogP contribution is 2.33. The van der Waals surface area contributed by atoms with Crippen molar-refractivity contribution in [2.45, 2.75) is 124 Å². The number of H-pyrrole nitrogens is 2. The van der Waals surface area contributed by atoms with Crippen LogP contribution in [0, 0.1) is 19.8 Å². The minimum absolute atomic E-state index is 0.0118. The molecule has 0 aliphatic carbocycles. The van der Waals surface area contributed by atoms with Gasteiger partial charge in [-0.05, 0) is 178 Å². The predicted octanol–water partition coefficient (Wildman–Crippen LogP) is 9.04. The second-order valence-corrected chi connectivity index (χ2v) is 27.4. The molecule has 11 N–H and O–H groups in total. The van der Waals surface area contributed by atoms with Crippen molar-refractivity contribution < 1.29 is 38.3 Å². The second kappa shape index (κ2) is 34.5. The van der Waals surface area contributed by atoms with E-state index in [1.54, 1.807) is 58.4 Å². The molecule has 109 heavy (non-hydrogen) atoms. The first-order valence-electron chi connectivity index (χ1n) is 36.5. The molecular formula is C79H86N22O8. The molecule has 30 heteroatoms. The average Bonchev–Trinajstić information content (AvgIpc) is 1.68. The van der Waals surface area contributed by atoms with Crippen LogP contribution in [0.4, 0.5) is 26.7 Å². The summed E-state index contributed by atoms with van der Waals surface area (Å²) in [6.45, 7) is 11.7. The molecule has 0 saturated heterocycles. The Hall–Kier alpha value is -13.0. The lowest BCUT2D eigenvalue weighted by molar-refractivity contribution is -0.137. The number of primary amides is 1. The number of imide groups is 1. The molecule has 0 unspecified atom stereocenters. The molecule has 0 bridgehead atoms. The molecule has 0 spiro atoms. The Morgan fingerprint density at radius 1 is 0.624 bits per heavy atom. The molecule has 2 atom stereocenters. The van der Waals surface area contributed by atoms with E-state index < -0.39 is 36.0 Å². The van der Waals surface area contributed by atoms with E-state index in [2.05, 4.69) is 91.6 Å². The van der Waals surface area contributed by atoms with Crippen molar-refractivity contribution >= 4 is 70.0 Å². The van der Waals surface area contributed by atoms with Gasteiger partial charge in [-0.3, -0.25) is 38.8 Å². The molecule has 3 aromatic carbocycles. The van der Waals surface area contributed by atoms with Crippen LogP contribution in [0.25, 0.3) is 56.6 Å². The molecule has 11 heterocycles. The van der Waals surface area contributed by atoms with Gasteiger partial charge in [-0.1, -0.05) is 56.7 Å². The third-order valence-corrected chi connectivity index (χ3v) is 19.0. The number of hydrogen-bond acceptors (Lipinski definition) is 19. The van der Waals surface area contributed by atoms with Gasteiger partial charge in [-0.15, -0.1) is 0 Å². The number of carbonyl (C=O) groups is 7. The van der Waals surface area contributed by atoms with Gasteiger partial charge in [0, 0.05) is 103 Å². The first kappa shape index (κ1) is 74.3. The van der Waals surface area contributed by atoms with Crippen molar-refractivity contribution in [2.75, 3.05) is 42.1 Å². The monoisotopic (exact) mass is 1470 g/mol. The maximum Gasteiger partial charge on any atom is 0.410 e. The van der Waals surface area contributed by atoms with Crippen LogP contribution in [-0.2, 0) is 74.3 Å². The lowest BCUT2D eigenvalue weighted by Gasteiger charge is -2.28. The van der Waals surface area contributed by atoms with Crippen molar-refractivity contribution in [3.05, 3.63) is 209 Å². The fourth-order valence-electron chi connectivity index (χ4n) is 13.2. The molecule has 14 rings (SSSR count). The highest BCUT2D eigenvalue weighted by Gasteiger charge is 2.30. The summed E-state index contributed by atoms with van der Waals surface area (Å²) in [5, 5.41) is 29.9. The van der Waals surface area contributed by atoms with Crippen LogP contribution in [0.3, 0.4) is 0 Å². The smallest absolute Gasteiger partial charge is 0.410 e. The Bertz CT molecular complexity index is 5160. The summed E-state index contributed by atoms with van der Waals surface area (Å²) in [5.74, 6) is -0.909. The Kier molecular flexibility index (Phi) is 23.5. The topological polar surface area (TPSA) is 389 Å². The zero-order chi connectivity index (χ0) is 75.9. The number of nitrogens with one attached hydrogen (secondary N) is 9. The normalized spacial score (nSPS) is 13.7. The number of ether oxygens (including phenoxy) is 1. The van der Waals surface area contributed by atoms with Gasteiger partial charge in [-0.25, -0.2) is 38.6 Å². The van der Waals surface area contributed by atoms with E-state index in [-0.39, 0.29) is 56.2 Å². The number of unbranched alkanes of at least 4 members (excludes halogenated alkanes) is 2. The summed E-state index contributed by atoms with van der Waals surface area (Å²) in [6, 6.07) is 36.5. The van der Waals surface area contributed by atoms with E-state index in [9.17, 15) is 33.6 Å². The van der Waals surface area contributed by atoms with Gasteiger partial charge in [0.1, 0.15) is 43.0 Å². The largest absolute Gasteiger partial charge is 0.445 e. The highest BCUT2D eigenvalue weighted by atomic mass is 16.6. The van der Waals surface area contributed by atoms with E-state index in [0.717, 1.165) is 121 Å². The Morgan fingerprint density at radius 2 is 1.22 bits per heavy atom. The number of rotatable bonds is 28. The number of imidazole rings is 2. The van der Waals surface area contributed by atoms with Gasteiger partial charge >= 0.3 is 12.1 Å². The molecule has 30 nitrogen and oxygen atoms in total. The van der Waals surface area contributed by atoms with E-state index in [1.165, 1.54) is 29.6 Å². The third-order valence-electron chi connectivity index (χ3n) is 19.0. The van der Waals surface area contributed by atoms with E-state index in [1.807, 2.05) is 99.0 Å². The molecule has 11 aromatic rings. The van der Waals surface area contributed by atoms with Crippen LogP contribution in [0.5, 0.6) is 0 Å². The first-order valence-corrected chi connectivity index (χ1v) is 36.5. The Balaban J connectivity index is 0.000000261. The second-order valence-electron chi connectivity index (χ2n) is 27.4. The molecule has 0 radical (unpaired) electrons. The number of amides is 8. The van der Waals surface area contributed by atoms with Crippen LogP contribution in [0.2, 0.25) is 0 Å². The quantitative estimate of drug-likeness (QED) is 0.0161. The lowest BCUT2D eigenvalue weighted by Crippen LogP contribution is -2.54. The van der Waals surface area contributed by atoms with Crippen LogP contribution in [0.1, 0.15) is 103 Å². The number of nitrogens with two attached hydrogens (primary N) is 1. The van der Waals surface area contributed by atoms with Crippen molar-refractivity contribution in [3.63, 3.8) is 0 Å². The number of carbonyl (C=O) groups excluding carboxylic acids is 7. The number of anilines is 3. The summed E-state index contributed by atoms with van der Waals surface area (Å²) in [4.78, 5) is 126. The Morgan fingerprint density at radius 3 is 1.82 bits per heavy atom. The van der Waals surface area contributed by atoms with E-state index in [4.69, 9.17) is 30.4 Å². The lowest BCUT2D eigenvalue weighted by atomic mass is 9.99. The van der Waals surface area contributed by atoms with Gasteiger partial charge in [0.25, 0.3) is 11.8 Å². The predicted molar refractivity (Wildman–Crippen MR) is 409 cm³/mol. The fraction of sp³-hybridized carbons (Fsp3) is 0.304. The van der Waals surface area contributed by atoms with E-state index >= 15 is 0 Å². The van der Waals surface area contributed by atoms with Crippen LogP contribution in [0.15, 0.2) is 159 Å². The minimum Gasteiger partial charge on any atom is -0.445 e. The standard InChI is InChI=1S/C54H62N14O8.C25H24N8/c1-33(2)48(65-45(69)12-5-4-6-25-67-46(70)21-22-47(67)71)52(73)62-42(11-8-24-56-53(55)74)51(72)61-39-17-13-35(14-18-39)31-76-54(75)66-26-23-36-15-19-40(27-38(36)29-66)57-28-43-63-49(37-16-20-44-58-32-59-68(44)30-37)50(64-43)41-10-7-9-34(3)60-41;1-16-3-2-4-21(30-16)25-24(18-6-8-23-28-15-29-33(23)14-18)31-22(32-25)13-27-20-7-5-17-9-10-26-12-19(17)11-20/h7,9-10,13-22,27,30,32-33,42,48,57H,4-6,8,11-12,23-26,28-29,31H2,1-3H3,(H,61,72)(H,62,73)(H,63,64)(H,65,69)(H3,55,56,74);2-8,11,14-15,26-27H,9-10,12-13H2,1H3,(H,31,32)/t42-,48-;/m0./s1. The highest BCUT2D eigenvalue weighted by molar-refractivity contribution is 6.12. The summed E-state index contributed by atoms with van der Waals surface area (Å²) in [7, 11) is 0. The number of aromatic amines is 2. The minimum atomic E-state index is -1.04. The molecular weight excluding hydrogens is 1390 g/mol. The number of pyridine rings is 4. The summed E-state index contributed by atoms with van der Waals surface area (Å²) >= 11 is 0. The number of nitrogens with zero attached hydrogens (tertiary/aromatic N) is 12. The summed E-state index contributed by atoms with van der Waals surface area (Å²) in [5.41, 5.74) is 23.3. The summed E-state index contributed by atoms with van der Waals surface area (Å²) in [6.07, 6.45) is 12.8.